The van der Waals surface area contributed by atoms with E-state index in [1.807, 2.05) is 3.59 Å². The molecule has 0 atom stereocenters. The fraction of sp³-hybridized carbons (Fsp3) is 0.778. The van der Waals surface area contributed by atoms with E-state index in [-0.39, 0.29) is 0 Å². The molecule has 0 amide bonds. The molecule has 0 nitrogen and oxygen atoms in total. The van der Waals surface area contributed by atoms with Crippen LogP contribution >= 0.6 is 0 Å². The number of unbranched alkanes of at least 4 members (excludes halogenated alkanes) is 3. The maximum atomic E-state index is 2.59. The normalized spacial score (nSPS) is 15.6. The van der Waals surface area contributed by atoms with Gasteiger partial charge >= 0.3 is 126 Å². The molecule has 1 aliphatic rings. The molecular formula is C18H34Sn. The Bertz CT molecular complexity index is 290. The van der Waals surface area contributed by atoms with Gasteiger partial charge in [0.25, 0.3) is 0 Å². The molecule has 0 N–H and O–H groups in total. The molecule has 0 aliphatic heterocycles. The van der Waals surface area contributed by atoms with E-state index in [1.54, 1.807) is 18.9 Å². The molecule has 1 aliphatic carbocycles. The Hall–Kier alpha value is 0.279. The second-order valence-corrected chi connectivity index (χ2v) is 19.8. The minimum atomic E-state index is -2.02. The molecule has 110 valence electrons. The van der Waals surface area contributed by atoms with Crippen molar-refractivity contribution < 1.29 is 0 Å². The fourth-order valence-electron chi connectivity index (χ4n) is 3.44. The number of allylic oxidation sites excluding steroid dienone is 4. The predicted molar refractivity (Wildman–Crippen MR) is 91.4 cm³/mol. The summed E-state index contributed by atoms with van der Waals surface area (Å²) < 4.78 is 6.83. The van der Waals surface area contributed by atoms with Gasteiger partial charge in [0.15, 0.2) is 0 Å². The SMILES string of the molecule is CCC[CH2][Sn]([CH2]CCC)([CH2]CCC)[C]1=CC(C)=CC1. The van der Waals surface area contributed by atoms with E-state index in [1.165, 1.54) is 44.9 Å². The molecule has 1 rings (SSSR count). The van der Waals surface area contributed by atoms with Crippen molar-refractivity contribution in [2.45, 2.75) is 86.0 Å². The Morgan fingerprint density at radius 3 is 1.68 bits per heavy atom. The summed E-state index contributed by atoms with van der Waals surface area (Å²) in [7, 11) is 0. The monoisotopic (exact) mass is 370 g/mol. The molecule has 0 aromatic rings. The second kappa shape index (κ2) is 9.26. The van der Waals surface area contributed by atoms with Gasteiger partial charge in [-0.1, -0.05) is 0 Å². The molecule has 0 bridgehead atoms. The van der Waals surface area contributed by atoms with Crippen LogP contribution in [0.5, 0.6) is 0 Å². The molecule has 19 heavy (non-hydrogen) atoms. The molecule has 0 saturated heterocycles. The van der Waals surface area contributed by atoms with Gasteiger partial charge < -0.3 is 0 Å². The number of hydrogen-bond donors (Lipinski definition) is 0. The standard InChI is InChI=1S/C6H7.3C4H9.Sn/c1-6-4-2-3-5-6;3*1-3-4-2;/h4-5H,2H2,1H3;3*1,3-4H2,2H3;. The summed E-state index contributed by atoms with van der Waals surface area (Å²) in [6.45, 7) is 9.39. The quantitative estimate of drug-likeness (QED) is 0.378. The Kier molecular flexibility index (Phi) is 8.44. The van der Waals surface area contributed by atoms with E-state index in [2.05, 4.69) is 39.8 Å². The zero-order valence-corrected chi connectivity index (χ0v) is 16.6. The van der Waals surface area contributed by atoms with Gasteiger partial charge in [-0.3, -0.25) is 0 Å². The summed E-state index contributed by atoms with van der Waals surface area (Å²) in [5, 5.41) is 0. The van der Waals surface area contributed by atoms with Gasteiger partial charge in [-0.2, -0.15) is 0 Å². The predicted octanol–water partition coefficient (Wildman–Crippen LogP) is 6.65. The van der Waals surface area contributed by atoms with E-state index in [0.717, 1.165) is 0 Å². The average Bonchev–Trinajstić information content (AvgIpc) is 2.85. The molecule has 0 saturated carbocycles. The van der Waals surface area contributed by atoms with Crippen LogP contribution in [0.25, 0.3) is 0 Å². The van der Waals surface area contributed by atoms with Crippen LogP contribution in [0.15, 0.2) is 21.3 Å². The zero-order valence-electron chi connectivity index (χ0n) is 13.7. The topological polar surface area (TPSA) is 0 Å². The van der Waals surface area contributed by atoms with Crippen molar-refractivity contribution in [2.24, 2.45) is 0 Å². The van der Waals surface area contributed by atoms with Gasteiger partial charge in [-0.15, -0.1) is 0 Å². The Morgan fingerprint density at radius 1 is 0.895 bits per heavy atom. The van der Waals surface area contributed by atoms with Crippen LogP contribution in [0, 0.1) is 0 Å². The van der Waals surface area contributed by atoms with Crippen LogP contribution in [0.2, 0.25) is 13.3 Å². The van der Waals surface area contributed by atoms with Gasteiger partial charge in [0.05, 0.1) is 0 Å². The van der Waals surface area contributed by atoms with Crippen LogP contribution in [0.1, 0.15) is 72.6 Å². The van der Waals surface area contributed by atoms with Crippen LogP contribution in [0.3, 0.4) is 0 Å². The van der Waals surface area contributed by atoms with Gasteiger partial charge in [0.2, 0.25) is 0 Å². The van der Waals surface area contributed by atoms with E-state index < -0.39 is 18.4 Å². The van der Waals surface area contributed by atoms with Crippen LogP contribution in [-0.4, -0.2) is 18.4 Å². The molecular weight excluding hydrogens is 335 g/mol. The van der Waals surface area contributed by atoms with Crippen LogP contribution < -0.4 is 0 Å². The third kappa shape index (κ3) is 5.28. The van der Waals surface area contributed by atoms with E-state index in [9.17, 15) is 0 Å². The summed E-state index contributed by atoms with van der Waals surface area (Å²) in [5.74, 6) is 0. The molecule has 1 heteroatoms. The van der Waals surface area contributed by atoms with E-state index in [4.69, 9.17) is 0 Å². The van der Waals surface area contributed by atoms with Gasteiger partial charge in [0, 0.05) is 0 Å². The third-order valence-electron chi connectivity index (χ3n) is 4.75. The molecule has 0 aromatic heterocycles. The first-order valence-electron chi connectivity index (χ1n) is 8.56. The van der Waals surface area contributed by atoms with Gasteiger partial charge in [0.1, 0.15) is 0 Å². The van der Waals surface area contributed by atoms with Crippen molar-refractivity contribution in [1.82, 2.24) is 0 Å². The summed E-state index contributed by atoms with van der Waals surface area (Å²) in [4.78, 5) is 0. The van der Waals surface area contributed by atoms with Crippen molar-refractivity contribution in [3.63, 3.8) is 0 Å². The first kappa shape index (κ1) is 17.3. The fourth-order valence-corrected chi connectivity index (χ4v) is 20.2. The zero-order chi connectivity index (χ0) is 14.1. The molecule has 0 heterocycles. The van der Waals surface area contributed by atoms with E-state index in [0.29, 0.717) is 0 Å². The number of hydrogen-bond acceptors (Lipinski definition) is 0. The molecule has 0 spiro atoms. The molecule has 0 aromatic carbocycles. The Labute approximate surface area is 125 Å². The van der Waals surface area contributed by atoms with Crippen molar-refractivity contribution >= 4 is 18.4 Å². The molecule has 0 fully saturated rings. The first-order chi connectivity index (χ1) is 9.18. The van der Waals surface area contributed by atoms with Gasteiger partial charge in [-0.25, -0.2) is 0 Å². The van der Waals surface area contributed by atoms with Crippen molar-refractivity contribution in [2.75, 3.05) is 0 Å². The minimum absolute atomic E-state index is 1.32. The second-order valence-electron chi connectivity index (χ2n) is 6.41. The maximum absolute atomic E-state index is 2.59. The third-order valence-corrected chi connectivity index (χ3v) is 20.9. The average molecular weight is 369 g/mol. The number of rotatable bonds is 10. The molecule has 0 radical (unpaired) electrons. The van der Waals surface area contributed by atoms with Crippen molar-refractivity contribution in [3.8, 4) is 0 Å². The summed E-state index contributed by atoms with van der Waals surface area (Å²) in [5.41, 5.74) is 1.54. The van der Waals surface area contributed by atoms with Gasteiger partial charge in [-0.05, 0) is 0 Å². The first-order valence-corrected chi connectivity index (χ1v) is 16.0. The van der Waals surface area contributed by atoms with Crippen LogP contribution in [0.4, 0.5) is 0 Å². The van der Waals surface area contributed by atoms with Crippen molar-refractivity contribution in [3.05, 3.63) is 21.3 Å². The summed E-state index contributed by atoms with van der Waals surface area (Å²) >= 11 is -2.02. The molecule has 0 unspecified atom stereocenters. The Balaban J connectivity index is 2.85. The van der Waals surface area contributed by atoms with Crippen molar-refractivity contribution in [1.29, 1.82) is 0 Å². The van der Waals surface area contributed by atoms with E-state index >= 15 is 0 Å². The summed E-state index contributed by atoms with van der Waals surface area (Å²) in [6.07, 6.45) is 15.0. The van der Waals surface area contributed by atoms with Crippen LogP contribution in [-0.2, 0) is 0 Å². The Morgan fingerprint density at radius 2 is 1.37 bits per heavy atom. The summed E-state index contributed by atoms with van der Waals surface area (Å²) in [6, 6.07) is 0.